The third-order valence-corrected chi connectivity index (χ3v) is 3.52. The third-order valence-electron chi connectivity index (χ3n) is 3.27. The second-order valence-corrected chi connectivity index (χ2v) is 5.19. The average molecular weight is 270 g/mol. The lowest BCUT2D eigenvalue weighted by atomic mass is 9.93. The summed E-state index contributed by atoms with van der Waals surface area (Å²) in [5, 5.41) is 10.0. The molecule has 2 aromatic carbocycles. The Balaban J connectivity index is 2.02. The van der Waals surface area contributed by atoms with Crippen LogP contribution in [0.15, 0.2) is 48.5 Å². The van der Waals surface area contributed by atoms with Crippen LogP contribution >= 0.6 is 11.6 Å². The molecule has 0 N–H and O–H groups in total. The van der Waals surface area contributed by atoms with Gasteiger partial charge in [-0.3, -0.25) is 0 Å². The zero-order valence-electron chi connectivity index (χ0n) is 10.9. The molecule has 0 aliphatic rings. The summed E-state index contributed by atoms with van der Waals surface area (Å²) in [4.78, 5) is 0. The van der Waals surface area contributed by atoms with Crippen molar-refractivity contribution >= 4 is 11.6 Å². The number of hydrogen-bond acceptors (Lipinski definition) is 1. The van der Waals surface area contributed by atoms with E-state index >= 15 is 0 Å². The number of nitriles is 1. The molecule has 2 heteroatoms. The van der Waals surface area contributed by atoms with E-state index in [1.54, 1.807) is 0 Å². The molecule has 0 saturated carbocycles. The first-order valence-electron chi connectivity index (χ1n) is 6.39. The van der Waals surface area contributed by atoms with E-state index in [9.17, 15) is 5.26 Å². The molecule has 2 rings (SSSR count). The van der Waals surface area contributed by atoms with E-state index in [2.05, 4.69) is 25.1 Å². The monoisotopic (exact) mass is 269 g/mol. The number of nitrogens with zero attached hydrogens (tertiary/aromatic N) is 1. The molecule has 0 heterocycles. The molecule has 0 aliphatic carbocycles. The van der Waals surface area contributed by atoms with Gasteiger partial charge in [-0.1, -0.05) is 53.6 Å². The fraction of sp³-hybridized carbons (Fsp3) is 0.235. The van der Waals surface area contributed by atoms with Gasteiger partial charge in [0.05, 0.1) is 12.0 Å². The lowest BCUT2D eigenvalue weighted by molar-refractivity contribution is 0.746. The lowest BCUT2D eigenvalue weighted by Crippen LogP contribution is -1.98. The van der Waals surface area contributed by atoms with Gasteiger partial charge < -0.3 is 0 Å². The van der Waals surface area contributed by atoms with Crippen molar-refractivity contribution in [2.45, 2.75) is 25.7 Å². The summed E-state index contributed by atoms with van der Waals surface area (Å²) in [6.07, 6.45) is 1.73. The quantitative estimate of drug-likeness (QED) is 0.775. The SMILES string of the molecule is Cc1ccc(C(C#N)CCc2ccc(Cl)cc2)cc1. The Hall–Kier alpha value is -1.78. The lowest BCUT2D eigenvalue weighted by Gasteiger charge is -2.10. The van der Waals surface area contributed by atoms with Crippen LogP contribution in [0.4, 0.5) is 0 Å². The van der Waals surface area contributed by atoms with Crippen molar-refractivity contribution in [1.29, 1.82) is 5.26 Å². The molecule has 0 saturated heterocycles. The largest absolute Gasteiger partial charge is 0.198 e. The minimum Gasteiger partial charge on any atom is -0.198 e. The second-order valence-electron chi connectivity index (χ2n) is 4.76. The van der Waals surface area contributed by atoms with Gasteiger partial charge in [0.1, 0.15) is 0 Å². The number of benzene rings is 2. The first kappa shape index (κ1) is 13.6. The van der Waals surface area contributed by atoms with Crippen LogP contribution in [0.1, 0.15) is 29.0 Å². The highest BCUT2D eigenvalue weighted by atomic mass is 35.5. The van der Waals surface area contributed by atoms with Gasteiger partial charge in [0.2, 0.25) is 0 Å². The van der Waals surface area contributed by atoms with Crippen LogP contribution < -0.4 is 0 Å². The number of aryl methyl sites for hydroxylation is 2. The topological polar surface area (TPSA) is 23.8 Å². The maximum atomic E-state index is 9.30. The molecule has 1 unspecified atom stereocenters. The van der Waals surface area contributed by atoms with Crippen LogP contribution in [0.3, 0.4) is 0 Å². The smallest absolute Gasteiger partial charge is 0.0715 e. The van der Waals surface area contributed by atoms with Crippen molar-refractivity contribution in [3.8, 4) is 6.07 Å². The van der Waals surface area contributed by atoms with E-state index in [0.29, 0.717) is 0 Å². The number of halogens is 1. The molecule has 1 nitrogen and oxygen atoms in total. The van der Waals surface area contributed by atoms with Crippen molar-refractivity contribution < 1.29 is 0 Å². The summed E-state index contributed by atoms with van der Waals surface area (Å²) in [5.41, 5.74) is 3.54. The minimum absolute atomic E-state index is 0.0451. The predicted octanol–water partition coefficient (Wildman–Crippen LogP) is 4.89. The van der Waals surface area contributed by atoms with Crippen molar-refractivity contribution in [3.63, 3.8) is 0 Å². The summed E-state index contributed by atoms with van der Waals surface area (Å²) in [6.45, 7) is 2.05. The molecular weight excluding hydrogens is 254 g/mol. The van der Waals surface area contributed by atoms with Crippen molar-refractivity contribution in [2.24, 2.45) is 0 Å². The Morgan fingerprint density at radius 3 is 2.26 bits per heavy atom. The highest BCUT2D eigenvalue weighted by Crippen LogP contribution is 2.22. The third kappa shape index (κ3) is 3.84. The Morgan fingerprint density at radius 2 is 1.68 bits per heavy atom. The summed E-state index contributed by atoms with van der Waals surface area (Å²) in [5.74, 6) is -0.0451. The van der Waals surface area contributed by atoms with Crippen LogP contribution in [-0.4, -0.2) is 0 Å². The predicted molar refractivity (Wildman–Crippen MR) is 79.3 cm³/mol. The Morgan fingerprint density at radius 1 is 1.05 bits per heavy atom. The standard InChI is InChI=1S/C17H16ClN/c1-13-2-7-15(8-3-13)16(12-19)9-4-14-5-10-17(18)11-6-14/h2-3,5-8,10-11,16H,4,9H2,1H3. The van der Waals surface area contributed by atoms with Gasteiger partial charge in [-0.25, -0.2) is 0 Å². The Kier molecular flexibility index (Phi) is 4.60. The van der Waals surface area contributed by atoms with Crippen molar-refractivity contribution in [1.82, 2.24) is 0 Å². The van der Waals surface area contributed by atoms with Gasteiger partial charge in [-0.2, -0.15) is 5.26 Å². The zero-order chi connectivity index (χ0) is 13.7. The van der Waals surface area contributed by atoms with Crippen LogP contribution in [0.25, 0.3) is 0 Å². The molecule has 2 aromatic rings. The van der Waals surface area contributed by atoms with Gasteiger partial charge in [-0.05, 0) is 43.0 Å². The van der Waals surface area contributed by atoms with E-state index in [-0.39, 0.29) is 5.92 Å². The van der Waals surface area contributed by atoms with Gasteiger partial charge in [-0.15, -0.1) is 0 Å². The molecule has 0 bridgehead atoms. The second kappa shape index (κ2) is 6.41. The highest BCUT2D eigenvalue weighted by molar-refractivity contribution is 6.30. The van der Waals surface area contributed by atoms with E-state index in [1.807, 2.05) is 36.4 Å². The van der Waals surface area contributed by atoms with E-state index in [0.717, 1.165) is 23.4 Å². The van der Waals surface area contributed by atoms with Gasteiger partial charge in [0.15, 0.2) is 0 Å². The fourth-order valence-electron chi connectivity index (χ4n) is 2.07. The first-order valence-corrected chi connectivity index (χ1v) is 6.77. The maximum Gasteiger partial charge on any atom is 0.0715 e. The fourth-order valence-corrected chi connectivity index (χ4v) is 2.19. The van der Waals surface area contributed by atoms with Crippen LogP contribution in [-0.2, 0) is 6.42 Å². The van der Waals surface area contributed by atoms with Gasteiger partial charge in [0, 0.05) is 5.02 Å². The molecule has 0 aromatic heterocycles. The highest BCUT2D eigenvalue weighted by Gasteiger charge is 2.10. The molecule has 0 amide bonds. The molecular formula is C17H16ClN. The summed E-state index contributed by atoms with van der Waals surface area (Å²) < 4.78 is 0. The normalized spacial score (nSPS) is 11.8. The summed E-state index contributed by atoms with van der Waals surface area (Å²) in [6, 6.07) is 18.4. The zero-order valence-corrected chi connectivity index (χ0v) is 11.7. The van der Waals surface area contributed by atoms with E-state index in [4.69, 9.17) is 11.6 Å². The number of hydrogen-bond donors (Lipinski definition) is 0. The van der Waals surface area contributed by atoms with Crippen LogP contribution in [0, 0.1) is 18.3 Å². The van der Waals surface area contributed by atoms with E-state index < -0.39 is 0 Å². The molecule has 19 heavy (non-hydrogen) atoms. The van der Waals surface area contributed by atoms with Gasteiger partial charge in [0.25, 0.3) is 0 Å². The number of rotatable bonds is 4. The van der Waals surface area contributed by atoms with E-state index in [1.165, 1.54) is 11.1 Å². The first-order chi connectivity index (χ1) is 9.19. The van der Waals surface area contributed by atoms with Crippen molar-refractivity contribution in [3.05, 3.63) is 70.2 Å². The summed E-state index contributed by atoms with van der Waals surface area (Å²) in [7, 11) is 0. The molecule has 0 fully saturated rings. The Labute approximate surface area is 119 Å². The average Bonchev–Trinajstić information content (AvgIpc) is 2.43. The summed E-state index contributed by atoms with van der Waals surface area (Å²) >= 11 is 5.86. The Bertz CT molecular complexity index is 564. The molecule has 0 radical (unpaired) electrons. The van der Waals surface area contributed by atoms with Crippen molar-refractivity contribution in [2.75, 3.05) is 0 Å². The van der Waals surface area contributed by atoms with Gasteiger partial charge >= 0.3 is 0 Å². The van der Waals surface area contributed by atoms with Crippen LogP contribution in [0.5, 0.6) is 0 Å². The molecule has 96 valence electrons. The van der Waals surface area contributed by atoms with Crippen LogP contribution in [0.2, 0.25) is 5.02 Å². The molecule has 0 aliphatic heterocycles. The maximum absolute atomic E-state index is 9.30. The molecule has 0 spiro atoms. The molecule has 1 atom stereocenters. The minimum atomic E-state index is -0.0451.